The number of nitrogens with one attached hydrogen (secondary N) is 1. The molecule has 0 aliphatic rings. The van der Waals surface area contributed by atoms with Gasteiger partial charge in [-0.2, -0.15) is 5.10 Å². The van der Waals surface area contributed by atoms with Crippen molar-refractivity contribution in [3.8, 4) is 5.69 Å². The Hall–Kier alpha value is -2.54. The van der Waals surface area contributed by atoms with Crippen LogP contribution in [0.2, 0.25) is 0 Å². The summed E-state index contributed by atoms with van der Waals surface area (Å²) in [4.78, 5) is 16.2. The van der Waals surface area contributed by atoms with Crippen molar-refractivity contribution in [3.05, 3.63) is 76.5 Å². The minimum atomic E-state index is -0.451. The Morgan fingerprint density at radius 2 is 2.00 bits per heavy atom. The van der Waals surface area contributed by atoms with Crippen LogP contribution >= 0.6 is 15.9 Å². The fourth-order valence-electron chi connectivity index (χ4n) is 2.29. The van der Waals surface area contributed by atoms with Gasteiger partial charge in [-0.15, -0.1) is 0 Å². The van der Waals surface area contributed by atoms with E-state index in [1.54, 1.807) is 11.0 Å². The molecule has 1 heterocycles. The maximum absolute atomic E-state index is 13.3. The van der Waals surface area contributed by atoms with Gasteiger partial charge in [0.25, 0.3) is 5.91 Å². The first-order valence-corrected chi connectivity index (χ1v) is 8.05. The van der Waals surface area contributed by atoms with Crippen LogP contribution in [0.1, 0.15) is 28.9 Å². The number of carbonyl (C=O) groups is 1. The Kier molecular flexibility index (Phi) is 4.71. The summed E-state index contributed by atoms with van der Waals surface area (Å²) >= 11 is 3.27. The zero-order valence-corrected chi connectivity index (χ0v) is 14.4. The van der Waals surface area contributed by atoms with Gasteiger partial charge in [-0.3, -0.25) is 4.79 Å². The third kappa shape index (κ3) is 3.51. The molecule has 122 valence electrons. The molecule has 1 unspecified atom stereocenters. The average Bonchev–Trinajstić information content (AvgIpc) is 3.11. The van der Waals surface area contributed by atoms with Crippen LogP contribution in [0, 0.1) is 5.82 Å². The molecule has 0 saturated carbocycles. The zero-order valence-electron chi connectivity index (χ0n) is 12.8. The third-order valence-electron chi connectivity index (χ3n) is 3.60. The van der Waals surface area contributed by atoms with Gasteiger partial charge in [-0.05, 0) is 58.7 Å². The average molecular weight is 389 g/mol. The van der Waals surface area contributed by atoms with Crippen molar-refractivity contribution >= 4 is 21.8 Å². The Morgan fingerprint density at radius 3 is 2.67 bits per heavy atom. The van der Waals surface area contributed by atoms with Gasteiger partial charge in [0.2, 0.25) is 0 Å². The number of nitrogens with zero attached hydrogens (tertiary/aromatic N) is 3. The van der Waals surface area contributed by atoms with Crippen LogP contribution in [0.4, 0.5) is 4.39 Å². The van der Waals surface area contributed by atoms with E-state index >= 15 is 0 Å². The predicted molar refractivity (Wildman–Crippen MR) is 91.3 cm³/mol. The highest BCUT2D eigenvalue weighted by atomic mass is 79.9. The van der Waals surface area contributed by atoms with Crippen LogP contribution in [0.3, 0.4) is 0 Å². The van der Waals surface area contributed by atoms with Crippen LogP contribution in [0.15, 0.2) is 59.6 Å². The summed E-state index contributed by atoms with van der Waals surface area (Å²) in [5.41, 5.74) is 2.07. The summed E-state index contributed by atoms with van der Waals surface area (Å²) in [6.07, 6.45) is 3.08. The molecule has 7 heteroatoms. The normalized spacial score (nSPS) is 12.0. The molecule has 3 aromatic rings. The lowest BCUT2D eigenvalue weighted by Crippen LogP contribution is -2.27. The molecule has 2 aromatic carbocycles. The summed E-state index contributed by atoms with van der Waals surface area (Å²) < 4.78 is 15.5. The maximum atomic E-state index is 13.3. The van der Waals surface area contributed by atoms with Gasteiger partial charge in [0.1, 0.15) is 18.5 Å². The van der Waals surface area contributed by atoms with Crippen molar-refractivity contribution in [3.63, 3.8) is 0 Å². The molecule has 1 N–H and O–H groups in total. The van der Waals surface area contributed by atoms with Crippen molar-refractivity contribution in [2.24, 2.45) is 0 Å². The minimum absolute atomic E-state index is 0.225. The van der Waals surface area contributed by atoms with E-state index in [4.69, 9.17) is 0 Å². The van der Waals surface area contributed by atoms with E-state index < -0.39 is 5.82 Å². The zero-order chi connectivity index (χ0) is 17.1. The number of hydrogen-bond donors (Lipinski definition) is 1. The van der Waals surface area contributed by atoms with Gasteiger partial charge in [-0.25, -0.2) is 14.1 Å². The Labute approximate surface area is 146 Å². The number of rotatable bonds is 4. The van der Waals surface area contributed by atoms with Gasteiger partial charge in [0, 0.05) is 4.47 Å². The predicted octanol–water partition coefficient (Wildman–Crippen LogP) is 3.66. The van der Waals surface area contributed by atoms with Crippen LogP contribution in [0.5, 0.6) is 0 Å². The number of aromatic nitrogens is 3. The first kappa shape index (κ1) is 16.3. The lowest BCUT2D eigenvalue weighted by atomic mass is 10.1. The highest BCUT2D eigenvalue weighted by Crippen LogP contribution is 2.20. The lowest BCUT2D eigenvalue weighted by Gasteiger charge is -2.15. The Bertz CT molecular complexity index is 850. The SMILES string of the molecule is CC(NC(=O)c1cc(F)ccc1Br)c1ccc(-n2cncn2)cc1. The molecule has 1 amide bonds. The molecule has 1 aromatic heterocycles. The summed E-state index contributed by atoms with van der Waals surface area (Å²) in [7, 11) is 0. The third-order valence-corrected chi connectivity index (χ3v) is 4.29. The van der Waals surface area contributed by atoms with Crippen LogP contribution in [0.25, 0.3) is 5.69 Å². The monoisotopic (exact) mass is 388 g/mol. The van der Waals surface area contributed by atoms with E-state index in [1.165, 1.54) is 24.5 Å². The largest absolute Gasteiger partial charge is 0.345 e. The van der Waals surface area contributed by atoms with Gasteiger partial charge < -0.3 is 5.32 Å². The molecule has 24 heavy (non-hydrogen) atoms. The summed E-state index contributed by atoms with van der Waals surface area (Å²) in [6, 6.07) is 11.4. The quantitative estimate of drug-likeness (QED) is 0.741. The van der Waals surface area contributed by atoms with Gasteiger partial charge in [-0.1, -0.05) is 12.1 Å². The molecule has 0 spiro atoms. The topological polar surface area (TPSA) is 59.8 Å². The fraction of sp³-hybridized carbons (Fsp3) is 0.118. The fourth-order valence-corrected chi connectivity index (χ4v) is 2.71. The second kappa shape index (κ2) is 6.92. The molecule has 0 radical (unpaired) electrons. The van der Waals surface area contributed by atoms with E-state index in [0.29, 0.717) is 4.47 Å². The van der Waals surface area contributed by atoms with E-state index in [1.807, 2.05) is 31.2 Å². The Morgan fingerprint density at radius 1 is 1.25 bits per heavy atom. The van der Waals surface area contributed by atoms with E-state index in [0.717, 1.165) is 11.3 Å². The van der Waals surface area contributed by atoms with Crippen molar-refractivity contribution in [2.75, 3.05) is 0 Å². The molecule has 0 saturated heterocycles. The summed E-state index contributed by atoms with van der Waals surface area (Å²) in [5, 5.41) is 6.93. The highest BCUT2D eigenvalue weighted by Gasteiger charge is 2.15. The molecular weight excluding hydrogens is 375 g/mol. The molecule has 3 rings (SSSR count). The van der Waals surface area contributed by atoms with E-state index in [-0.39, 0.29) is 17.5 Å². The van der Waals surface area contributed by atoms with Crippen molar-refractivity contribution in [1.82, 2.24) is 20.1 Å². The van der Waals surface area contributed by atoms with Gasteiger partial charge in [0.05, 0.1) is 17.3 Å². The minimum Gasteiger partial charge on any atom is -0.345 e. The van der Waals surface area contributed by atoms with Crippen LogP contribution in [-0.4, -0.2) is 20.7 Å². The molecule has 0 bridgehead atoms. The second-order valence-corrected chi connectivity index (χ2v) is 6.11. The molecule has 5 nitrogen and oxygen atoms in total. The lowest BCUT2D eigenvalue weighted by molar-refractivity contribution is 0.0938. The standard InChI is InChI=1S/C17H14BrFN4O/c1-11(22-17(24)15-8-13(19)4-7-16(15)18)12-2-5-14(6-3-12)23-10-20-9-21-23/h2-11H,1H3,(H,22,24). The van der Waals surface area contributed by atoms with Crippen molar-refractivity contribution in [1.29, 1.82) is 0 Å². The van der Waals surface area contributed by atoms with E-state index in [9.17, 15) is 9.18 Å². The van der Waals surface area contributed by atoms with Crippen molar-refractivity contribution < 1.29 is 9.18 Å². The van der Waals surface area contributed by atoms with Crippen LogP contribution < -0.4 is 5.32 Å². The van der Waals surface area contributed by atoms with Gasteiger partial charge >= 0.3 is 0 Å². The number of amides is 1. The molecule has 1 atom stereocenters. The van der Waals surface area contributed by atoms with Gasteiger partial charge in [0.15, 0.2) is 0 Å². The Balaban J connectivity index is 1.73. The molecule has 0 aliphatic heterocycles. The highest BCUT2D eigenvalue weighted by molar-refractivity contribution is 9.10. The second-order valence-electron chi connectivity index (χ2n) is 5.25. The van der Waals surface area contributed by atoms with Crippen molar-refractivity contribution in [2.45, 2.75) is 13.0 Å². The number of hydrogen-bond acceptors (Lipinski definition) is 3. The number of halogens is 2. The first-order valence-electron chi connectivity index (χ1n) is 7.25. The summed E-state index contributed by atoms with van der Waals surface area (Å²) in [6.45, 7) is 1.87. The van der Waals surface area contributed by atoms with Crippen LogP contribution in [-0.2, 0) is 0 Å². The smallest absolute Gasteiger partial charge is 0.253 e. The van der Waals surface area contributed by atoms with E-state index in [2.05, 4.69) is 31.3 Å². The molecule has 0 fully saturated rings. The first-order chi connectivity index (χ1) is 11.5. The number of carbonyl (C=O) groups excluding carboxylic acids is 1. The summed E-state index contributed by atoms with van der Waals surface area (Å²) in [5.74, 6) is -0.789. The number of benzene rings is 2. The molecule has 0 aliphatic carbocycles. The maximum Gasteiger partial charge on any atom is 0.253 e. The molecular formula is C17H14BrFN4O.